The number of rotatable bonds is 5. The van der Waals surface area contributed by atoms with E-state index in [4.69, 9.17) is 5.11 Å². The predicted molar refractivity (Wildman–Crippen MR) is 69.5 cm³/mol. The van der Waals surface area contributed by atoms with Gasteiger partial charge < -0.3 is 15.3 Å². The van der Waals surface area contributed by atoms with Crippen LogP contribution >= 0.6 is 23.1 Å². The Morgan fingerprint density at radius 3 is 3.00 bits per heavy atom. The number of aryl methyl sites for hydroxylation is 1. The monoisotopic (exact) mass is 287 g/mol. The SMILES string of the molecule is Cc1nc(SCCN2CCNC2=O)sc1C(=O)O. The largest absolute Gasteiger partial charge is 0.477 e. The van der Waals surface area contributed by atoms with Crippen molar-refractivity contribution in [1.82, 2.24) is 15.2 Å². The summed E-state index contributed by atoms with van der Waals surface area (Å²) in [5, 5.41) is 11.6. The lowest BCUT2D eigenvalue weighted by Gasteiger charge is -2.12. The minimum Gasteiger partial charge on any atom is -0.477 e. The molecular formula is C10H13N3O3S2. The number of carboxylic acids is 1. The summed E-state index contributed by atoms with van der Waals surface area (Å²) in [6.45, 7) is 3.77. The van der Waals surface area contributed by atoms with Crippen LogP contribution in [-0.4, -0.2) is 52.4 Å². The molecule has 1 aliphatic heterocycles. The van der Waals surface area contributed by atoms with Gasteiger partial charge in [-0.2, -0.15) is 0 Å². The van der Waals surface area contributed by atoms with Crippen LogP contribution in [0, 0.1) is 6.92 Å². The first-order valence-corrected chi connectivity index (χ1v) is 7.24. The van der Waals surface area contributed by atoms with Crippen molar-refractivity contribution in [1.29, 1.82) is 0 Å². The van der Waals surface area contributed by atoms with Gasteiger partial charge in [-0.3, -0.25) is 0 Å². The Labute approximate surface area is 112 Å². The van der Waals surface area contributed by atoms with Crippen molar-refractivity contribution in [3.05, 3.63) is 10.6 Å². The lowest BCUT2D eigenvalue weighted by molar-refractivity contribution is 0.0701. The first-order valence-electron chi connectivity index (χ1n) is 5.44. The van der Waals surface area contributed by atoms with Gasteiger partial charge in [0.15, 0.2) is 4.34 Å². The maximum Gasteiger partial charge on any atom is 0.347 e. The number of hydrogen-bond acceptors (Lipinski definition) is 5. The Bertz CT molecular complexity index is 475. The molecule has 0 bridgehead atoms. The normalized spacial score (nSPS) is 14.9. The Morgan fingerprint density at radius 2 is 2.44 bits per heavy atom. The minimum atomic E-state index is -0.934. The first kappa shape index (κ1) is 13.2. The zero-order valence-electron chi connectivity index (χ0n) is 9.80. The maximum absolute atomic E-state index is 11.3. The molecule has 2 N–H and O–H groups in total. The van der Waals surface area contributed by atoms with Gasteiger partial charge in [0.2, 0.25) is 0 Å². The van der Waals surface area contributed by atoms with Gasteiger partial charge in [0, 0.05) is 25.4 Å². The standard InChI is InChI=1S/C10H13N3O3S2/c1-6-7(8(14)15)18-10(12-6)17-5-4-13-3-2-11-9(13)16/h2-5H2,1H3,(H,11,16)(H,14,15). The summed E-state index contributed by atoms with van der Waals surface area (Å²) in [5.41, 5.74) is 0.550. The van der Waals surface area contributed by atoms with E-state index in [0.29, 0.717) is 18.8 Å². The lowest BCUT2D eigenvalue weighted by atomic mass is 10.4. The molecule has 0 radical (unpaired) electrons. The van der Waals surface area contributed by atoms with Gasteiger partial charge in [-0.25, -0.2) is 14.6 Å². The number of hydrogen-bond donors (Lipinski definition) is 2. The molecular weight excluding hydrogens is 274 g/mol. The van der Waals surface area contributed by atoms with E-state index in [2.05, 4.69) is 10.3 Å². The van der Waals surface area contributed by atoms with E-state index >= 15 is 0 Å². The van der Waals surface area contributed by atoms with Crippen LogP contribution in [-0.2, 0) is 0 Å². The number of nitrogens with zero attached hydrogens (tertiary/aromatic N) is 2. The summed E-state index contributed by atoms with van der Waals surface area (Å²) in [6.07, 6.45) is 0. The highest BCUT2D eigenvalue weighted by Crippen LogP contribution is 2.27. The first-order chi connectivity index (χ1) is 8.58. The van der Waals surface area contributed by atoms with Crippen LogP contribution in [0.5, 0.6) is 0 Å². The molecule has 2 rings (SSSR count). The molecule has 1 saturated heterocycles. The smallest absolute Gasteiger partial charge is 0.347 e. The minimum absolute atomic E-state index is 0.0304. The molecule has 2 heterocycles. The third-order valence-corrected chi connectivity index (χ3v) is 4.77. The van der Waals surface area contributed by atoms with Gasteiger partial charge >= 0.3 is 12.0 Å². The van der Waals surface area contributed by atoms with Crippen molar-refractivity contribution in [3.8, 4) is 0 Å². The van der Waals surface area contributed by atoms with Crippen LogP contribution in [0.1, 0.15) is 15.4 Å². The summed E-state index contributed by atoms with van der Waals surface area (Å²) in [4.78, 5) is 28.4. The molecule has 18 heavy (non-hydrogen) atoms. The number of carboxylic acid groups (broad SMARTS) is 1. The fraction of sp³-hybridized carbons (Fsp3) is 0.500. The molecule has 0 spiro atoms. The van der Waals surface area contributed by atoms with Gasteiger partial charge in [0.1, 0.15) is 4.88 Å². The number of urea groups is 1. The molecule has 0 aromatic carbocycles. The zero-order chi connectivity index (χ0) is 13.1. The van der Waals surface area contributed by atoms with Gasteiger partial charge in [0.25, 0.3) is 0 Å². The van der Waals surface area contributed by atoms with Gasteiger partial charge in [-0.05, 0) is 6.92 Å². The van der Waals surface area contributed by atoms with Crippen molar-refractivity contribution in [2.24, 2.45) is 0 Å². The van der Waals surface area contributed by atoms with Crippen LogP contribution in [0.4, 0.5) is 4.79 Å². The van der Waals surface area contributed by atoms with Crippen molar-refractivity contribution >= 4 is 35.1 Å². The van der Waals surface area contributed by atoms with E-state index in [1.165, 1.54) is 23.1 Å². The van der Waals surface area contributed by atoms with Crippen molar-refractivity contribution < 1.29 is 14.7 Å². The maximum atomic E-state index is 11.3. The molecule has 1 aliphatic rings. The van der Waals surface area contributed by atoms with Crippen LogP contribution in [0.25, 0.3) is 0 Å². The van der Waals surface area contributed by atoms with Crippen LogP contribution in [0.2, 0.25) is 0 Å². The average Bonchev–Trinajstić information content (AvgIpc) is 2.86. The average molecular weight is 287 g/mol. The summed E-state index contributed by atoms with van der Waals surface area (Å²) in [5.74, 6) is -0.213. The molecule has 0 aliphatic carbocycles. The molecule has 0 saturated carbocycles. The van der Waals surface area contributed by atoms with Crippen molar-refractivity contribution in [3.63, 3.8) is 0 Å². The fourth-order valence-electron chi connectivity index (χ4n) is 1.60. The van der Waals surface area contributed by atoms with Gasteiger partial charge in [0.05, 0.1) is 5.69 Å². The molecule has 6 nitrogen and oxygen atoms in total. The number of carbonyl (C=O) groups is 2. The molecule has 98 valence electrons. The zero-order valence-corrected chi connectivity index (χ0v) is 11.4. The van der Waals surface area contributed by atoms with Crippen molar-refractivity contribution in [2.45, 2.75) is 11.3 Å². The summed E-state index contributed by atoms with van der Waals surface area (Å²) in [7, 11) is 0. The topological polar surface area (TPSA) is 82.5 Å². The van der Waals surface area contributed by atoms with Crippen molar-refractivity contribution in [2.75, 3.05) is 25.4 Å². The predicted octanol–water partition coefficient (Wildman–Crippen LogP) is 1.27. The van der Waals surface area contributed by atoms with E-state index in [0.717, 1.165) is 16.6 Å². The van der Waals surface area contributed by atoms with Gasteiger partial charge in [-0.15, -0.1) is 11.3 Å². The quantitative estimate of drug-likeness (QED) is 0.797. The lowest BCUT2D eigenvalue weighted by Crippen LogP contribution is -2.30. The third-order valence-electron chi connectivity index (χ3n) is 2.50. The van der Waals surface area contributed by atoms with E-state index in [1.807, 2.05) is 0 Å². The van der Waals surface area contributed by atoms with Crippen LogP contribution in [0.15, 0.2) is 4.34 Å². The highest BCUT2D eigenvalue weighted by atomic mass is 32.2. The molecule has 0 unspecified atom stereocenters. The van der Waals surface area contributed by atoms with E-state index < -0.39 is 5.97 Å². The van der Waals surface area contributed by atoms with Crippen LogP contribution in [0.3, 0.4) is 0 Å². The number of nitrogens with one attached hydrogen (secondary N) is 1. The second-order valence-corrected chi connectivity index (χ2v) is 6.11. The molecule has 1 aromatic rings. The number of amides is 2. The summed E-state index contributed by atoms with van der Waals surface area (Å²) in [6, 6.07) is -0.0304. The third kappa shape index (κ3) is 2.94. The fourth-order valence-corrected chi connectivity index (χ4v) is 3.66. The second-order valence-electron chi connectivity index (χ2n) is 3.77. The number of thiazole rings is 1. The second kappa shape index (κ2) is 5.57. The Balaban J connectivity index is 1.85. The molecule has 1 fully saturated rings. The Kier molecular flexibility index (Phi) is 4.07. The Morgan fingerprint density at radius 1 is 1.67 bits per heavy atom. The van der Waals surface area contributed by atoms with E-state index in [1.54, 1.807) is 11.8 Å². The molecule has 1 aromatic heterocycles. The number of aromatic nitrogens is 1. The van der Waals surface area contributed by atoms with E-state index in [-0.39, 0.29) is 10.9 Å². The number of aromatic carboxylic acids is 1. The Hall–Kier alpha value is -1.28. The molecule has 8 heteroatoms. The highest BCUT2D eigenvalue weighted by molar-refractivity contribution is 8.01. The van der Waals surface area contributed by atoms with Crippen LogP contribution < -0.4 is 5.32 Å². The number of thioether (sulfide) groups is 1. The van der Waals surface area contributed by atoms with Gasteiger partial charge in [-0.1, -0.05) is 11.8 Å². The number of carbonyl (C=O) groups excluding carboxylic acids is 1. The molecule has 0 atom stereocenters. The summed E-state index contributed by atoms with van der Waals surface area (Å²) < 4.78 is 0.740. The van der Waals surface area contributed by atoms with E-state index in [9.17, 15) is 9.59 Å². The summed E-state index contributed by atoms with van der Waals surface area (Å²) >= 11 is 2.67. The highest BCUT2D eigenvalue weighted by Gasteiger charge is 2.19. The molecule has 2 amide bonds.